The maximum atomic E-state index is 10.4. The molecule has 0 radical (unpaired) electrons. The molecule has 3 N–H and O–H groups in total. The minimum Gasteiger partial charge on any atom is -0.369 e. The van der Waals surface area contributed by atoms with Gasteiger partial charge in [0.25, 0.3) is 0 Å². The second-order valence-corrected chi connectivity index (χ2v) is 3.51. The van der Waals surface area contributed by atoms with Crippen LogP contribution in [0.25, 0.3) is 0 Å². The number of carbonyl (C=O) groups excluding carboxylic acids is 1. The minimum atomic E-state index is -0.273. The summed E-state index contributed by atoms with van der Waals surface area (Å²) in [4.78, 5) is 10.4. The first-order valence-corrected chi connectivity index (χ1v) is 4.13. The molecule has 64 valence electrons. The summed E-state index contributed by atoms with van der Waals surface area (Å²) < 4.78 is 0. The van der Waals surface area contributed by atoms with Gasteiger partial charge >= 0.3 is 0 Å². The molecular weight excluding hydrogens is 140 g/mol. The summed E-state index contributed by atoms with van der Waals surface area (Å²) in [6.45, 7) is 4.65. The fraction of sp³-hybridized carbons (Fsp3) is 0.875. The molecular formula is C8H16N2O. The van der Waals surface area contributed by atoms with E-state index in [4.69, 9.17) is 5.73 Å². The number of nitrogens with two attached hydrogens (primary N) is 1. The highest BCUT2D eigenvalue weighted by Gasteiger charge is 2.36. The van der Waals surface area contributed by atoms with Gasteiger partial charge in [-0.05, 0) is 25.2 Å². The van der Waals surface area contributed by atoms with Gasteiger partial charge in [-0.3, -0.25) is 4.79 Å². The Labute approximate surface area is 67.3 Å². The Morgan fingerprint density at radius 1 is 1.82 bits per heavy atom. The first kappa shape index (κ1) is 8.53. The second-order valence-electron chi connectivity index (χ2n) is 3.51. The third kappa shape index (κ3) is 2.50. The Balaban J connectivity index is 2.11. The van der Waals surface area contributed by atoms with Crippen molar-refractivity contribution in [2.75, 3.05) is 6.54 Å². The van der Waals surface area contributed by atoms with Crippen LogP contribution in [0.5, 0.6) is 0 Å². The molecule has 3 nitrogen and oxygen atoms in total. The lowest BCUT2D eigenvalue weighted by molar-refractivity contribution is -0.117. The van der Waals surface area contributed by atoms with Gasteiger partial charge in [0, 0.05) is 6.04 Å². The molecule has 1 saturated carbocycles. The summed E-state index contributed by atoms with van der Waals surface area (Å²) in [7, 11) is 0. The minimum absolute atomic E-state index is 0.273. The third-order valence-electron chi connectivity index (χ3n) is 2.41. The number of primary amides is 1. The smallest absolute Gasteiger partial charge is 0.231 e. The number of carbonyl (C=O) groups is 1. The highest BCUT2D eigenvalue weighted by atomic mass is 16.1. The fourth-order valence-corrected chi connectivity index (χ4v) is 1.46. The van der Waals surface area contributed by atoms with Gasteiger partial charge in [0.2, 0.25) is 5.91 Å². The largest absolute Gasteiger partial charge is 0.369 e. The molecule has 0 aromatic rings. The average molecular weight is 156 g/mol. The topological polar surface area (TPSA) is 55.1 Å². The molecule has 3 heteroatoms. The van der Waals surface area contributed by atoms with Crippen LogP contribution >= 0.6 is 0 Å². The maximum absolute atomic E-state index is 10.4. The summed E-state index contributed by atoms with van der Waals surface area (Å²) in [5, 5.41) is 3.10. The van der Waals surface area contributed by atoms with Crippen LogP contribution in [0.15, 0.2) is 0 Å². The SMILES string of the molecule is CC1CC1C(C)NCC(N)=O. The Morgan fingerprint density at radius 3 is 2.73 bits per heavy atom. The van der Waals surface area contributed by atoms with Crippen molar-refractivity contribution in [3.05, 3.63) is 0 Å². The maximum Gasteiger partial charge on any atom is 0.231 e. The van der Waals surface area contributed by atoms with E-state index in [0.29, 0.717) is 12.6 Å². The molecule has 11 heavy (non-hydrogen) atoms. The van der Waals surface area contributed by atoms with E-state index in [1.807, 2.05) is 0 Å². The van der Waals surface area contributed by atoms with Gasteiger partial charge in [-0.1, -0.05) is 6.92 Å². The van der Waals surface area contributed by atoms with Gasteiger partial charge in [-0.2, -0.15) is 0 Å². The summed E-state index contributed by atoms with van der Waals surface area (Å²) in [6, 6.07) is 0.442. The first-order chi connectivity index (χ1) is 5.11. The first-order valence-electron chi connectivity index (χ1n) is 4.13. The van der Waals surface area contributed by atoms with E-state index in [1.54, 1.807) is 0 Å². The van der Waals surface area contributed by atoms with Crippen molar-refractivity contribution in [2.24, 2.45) is 17.6 Å². The van der Waals surface area contributed by atoms with Crippen LogP contribution in [0.1, 0.15) is 20.3 Å². The van der Waals surface area contributed by atoms with Crippen LogP contribution in [0.3, 0.4) is 0 Å². The Hall–Kier alpha value is -0.570. The number of amides is 1. The van der Waals surface area contributed by atoms with Crippen LogP contribution in [-0.4, -0.2) is 18.5 Å². The summed E-state index contributed by atoms with van der Waals surface area (Å²) in [6.07, 6.45) is 1.28. The third-order valence-corrected chi connectivity index (χ3v) is 2.41. The zero-order valence-electron chi connectivity index (χ0n) is 7.13. The highest BCUT2D eigenvalue weighted by Crippen LogP contribution is 2.40. The molecule has 0 heterocycles. The highest BCUT2D eigenvalue weighted by molar-refractivity contribution is 5.75. The quantitative estimate of drug-likeness (QED) is 0.607. The molecule has 0 bridgehead atoms. The molecule has 0 aromatic heterocycles. The molecule has 0 aromatic carbocycles. The predicted molar refractivity (Wildman–Crippen MR) is 43.9 cm³/mol. The predicted octanol–water partition coefficient (Wildman–Crippen LogP) is 0.106. The van der Waals surface area contributed by atoms with Crippen LogP contribution in [0.2, 0.25) is 0 Å². The Morgan fingerprint density at radius 2 is 2.36 bits per heavy atom. The molecule has 1 fully saturated rings. The standard InChI is InChI=1S/C8H16N2O/c1-5-3-7(5)6(2)10-4-8(9)11/h5-7,10H,3-4H2,1-2H3,(H2,9,11). The monoisotopic (exact) mass is 156 g/mol. The number of hydrogen-bond donors (Lipinski definition) is 2. The number of rotatable bonds is 4. The number of nitrogens with one attached hydrogen (secondary N) is 1. The van der Waals surface area contributed by atoms with Crippen molar-refractivity contribution in [1.29, 1.82) is 0 Å². The Kier molecular flexibility index (Phi) is 2.49. The van der Waals surface area contributed by atoms with Gasteiger partial charge in [0.05, 0.1) is 6.54 Å². The van der Waals surface area contributed by atoms with Gasteiger partial charge in [0.15, 0.2) is 0 Å². The normalized spacial score (nSPS) is 31.5. The van der Waals surface area contributed by atoms with E-state index in [2.05, 4.69) is 19.2 Å². The summed E-state index contributed by atoms with van der Waals surface area (Å²) >= 11 is 0. The van der Waals surface area contributed by atoms with E-state index in [-0.39, 0.29) is 5.91 Å². The van der Waals surface area contributed by atoms with Crippen LogP contribution in [-0.2, 0) is 4.79 Å². The van der Waals surface area contributed by atoms with E-state index < -0.39 is 0 Å². The lowest BCUT2D eigenvalue weighted by Crippen LogP contribution is -2.36. The molecule has 0 spiro atoms. The number of hydrogen-bond acceptors (Lipinski definition) is 2. The molecule has 1 amide bonds. The molecule has 1 rings (SSSR count). The molecule has 3 atom stereocenters. The van der Waals surface area contributed by atoms with E-state index in [1.165, 1.54) is 6.42 Å². The van der Waals surface area contributed by atoms with E-state index in [0.717, 1.165) is 11.8 Å². The van der Waals surface area contributed by atoms with Gasteiger partial charge in [-0.25, -0.2) is 0 Å². The summed E-state index contributed by atoms with van der Waals surface area (Å²) in [5.74, 6) is 1.31. The zero-order valence-corrected chi connectivity index (χ0v) is 7.13. The van der Waals surface area contributed by atoms with E-state index >= 15 is 0 Å². The lowest BCUT2D eigenvalue weighted by atomic mass is 10.2. The van der Waals surface area contributed by atoms with Crippen LogP contribution in [0, 0.1) is 11.8 Å². The Bertz CT molecular complexity index is 158. The van der Waals surface area contributed by atoms with Crippen LogP contribution in [0.4, 0.5) is 0 Å². The molecule has 3 unspecified atom stereocenters. The van der Waals surface area contributed by atoms with Crippen molar-refractivity contribution in [1.82, 2.24) is 5.32 Å². The van der Waals surface area contributed by atoms with Gasteiger partial charge in [0.1, 0.15) is 0 Å². The van der Waals surface area contributed by atoms with Crippen molar-refractivity contribution >= 4 is 5.91 Å². The van der Waals surface area contributed by atoms with Crippen LogP contribution < -0.4 is 11.1 Å². The van der Waals surface area contributed by atoms with Crippen molar-refractivity contribution in [3.8, 4) is 0 Å². The van der Waals surface area contributed by atoms with Gasteiger partial charge < -0.3 is 11.1 Å². The molecule has 1 aliphatic carbocycles. The summed E-state index contributed by atoms with van der Waals surface area (Å²) in [5.41, 5.74) is 4.99. The van der Waals surface area contributed by atoms with E-state index in [9.17, 15) is 4.79 Å². The van der Waals surface area contributed by atoms with Crippen molar-refractivity contribution in [3.63, 3.8) is 0 Å². The lowest BCUT2D eigenvalue weighted by Gasteiger charge is -2.10. The molecule has 0 aliphatic heterocycles. The molecule has 1 aliphatic rings. The van der Waals surface area contributed by atoms with Gasteiger partial charge in [-0.15, -0.1) is 0 Å². The second kappa shape index (κ2) is 3.22. The molecule has 0 saturated heterocycles. The van der Waals surface area contributed by atoms with Crippen molar-refractivity contribution in [2.45, 2.75) is 26.3 Å². The fourth-order valence-electron chi connectivity index (χ4n) is 1.46. The van der Waals surface area contributed by atoms with Crippen molar-refractivity contribution < 1.29 is 4.79 Å². The average Bonchev–Trinajstić information content (AvgIpc) is 2.61. The zero-order chi connectivity index (χ0) is 8.43.